The number of nitrogens with zero attached hydrogens (tertiary/aromatic N) is 2. The zero-order chi connectivity index (χ0) is 21.3. The summed E-state index contributed by atoms with van der Waals surface area (Å²) in [5, 5.41) is 3.57. The second-order valence-electron chi connectivity index (χ2n) is 7.55. The monoisotopic (exact) mass is 491 g/mol. The quantitative estimate of drug-likeness (QED) is 0.530. The Hall–Kier alpha value is -2.45. The van der Waals surface area contributed by atoms with E-state index in [1.54, 1.807) is 4.90 Å². The molecule has 2 heterocycles. The predicted octanol–water partition coefficient (Wildman–Crippen LogP) is 4.96. The summed E-state index contributed by atoms with van der Waals surface area (Å²) < 4.78 is 0.708. The molecule has 4 amide bonds. The standard InChI is InChI=1S/C21H23BrClN5O2/c1-13-6-7-17(18(22)19(13)23)25-26-21(30)27-10-8-15(9-11-27)28-12-14-4-2-3-5-16(14)24-20(28)29/h2-7,15,25H,8-12H2,1H3,(H,24,29)(H,26,30). The summed E-state index contributed by atoms with van der Waals surface area (Å²) in [5.41, 5.74) is 9.29. The fourth-order valence-corrected chi connectivity index (χ4v) is 4.55. The van der Waals surface area contributed by atoms with Gasteiger partial charge >= 0.3 is 12.1 Å². The van der Waals surface area contributed by atoms with Gasteiger partial charge in [-0.05, 0) is 59.0 Å². The number of fused-ring (bicyclic) bond motifs is 1. The van der Waals surface area contributed by atoms with Crippen molar-refractivity contribution in [3.8, 4) is 0 Å². The first kappa shape index (κ1) is 20.8. The van der Waals surface area contributed by atoms with Crippen molar-refractivity contribution in [3.63, 3.8) is 0 Å². The maximum Gasteiger partial charge on any atom is 0.336 e. The predicted molar refractivity (Wildman–Crippen MR) is 122 cm³/mol. The first-order chi connectivity index (χ1) is 14.4. The molecule has 0 unspecified atom stereocenters. The van der Waals surface area contributed by atoms with Crippen molar-refractivity contribution >= 4 is 51.0 Å². The molecule has 0 aromatic heterocycles. The fraction of sp³-hybridized carbons (Fsp3) is 0.333. The molecule has 2 aliphatic heterocycles. The van der Waals surface area contributed by atoms with E-state index in [9.17, 15) is 9.59 Å². The summed E-state index contributed by atoms with van der Waals surface area (Å²) in [4.78, 5) is 28.7. The zero-order valence-electron chi connectivity index (χ0n) is 16.5. The molecule has 9 heteroatoms. The third-order valence-corrected chi connectivity index (χ3v) is 7.17. The van der Waals surface area contributed by atoms with E-state index in [0.29, 0.717) is 34.8 Å². The van der Waals surface area contributed by atoms with E-state index in [4.69, 9.17) is 11.6 Å². The molecule has 2 aromatic rings. The molecule has 2 aliphatic rings. The van der Waals surface area contributed by atoms with Crippen LogP contribution in [-0.4, -0.2) is 41.0 Å². The summed E-state index contributed by atoms with van der Waals surface area (Å²) >= 11 is 9.68. The Morgan fingerprint density at radius 2 is 1.93 bits per heavy atom. The maximum atomic E-state index is 12.6. The lowest BCUT2D eigenvalue weighted by Gasteiger charge is -2.40. The lowest BCUT2D eigenvalue weighted by molar-refractivity contribution is 0.129. The van der Waals surface area contributed by atoms with Crippen molar-refractivity contribution in [1.82, 2.24) is 15.2 Å². The Kier molecular flexibility index (Phi) is 6.06. The summed E-state index contributed by atoms with van der Waals surface area (Å²) in [7, 11) is 0. The van der Waals surface area contributed by atoms with Crippen LogP contribution in [0.3, 0.4) is 0 Å². The van der Waals surface area contributed by atoms with Crippen LogP contribution in [0, 0.1) is 6.92 Å². The van der Waals surface area contributed by atoms with Crippen LogP contribution in [0.2, 0.25) is 5.02 Å². The van der Waals surface area contributed by atoms with Gasteiger partial charge in [0, 0.05) is 31.4 Å². The van der Waals surface area contributed by atoms with E-state index in [2.05, 4.69) is 32.1 Å². The average Bonchev–Trinajstić information content (AvgIpc) is 2.76. The molecule has 0 radical (unpaired) electrons. The van der Waals surface area contributed by atoms with Crippen molar-refractivity contribution in [2.75, 3.05) is 23.8 Å². The van der Waals surface area contributed by atoms with Crippen molar-refractivity contribution in [1.29, 1.82) is 0 Å². The van der Waals surface area contributed by atoms with E-state index < -0.39 is 0 Å². The third-order valence-electron chi connectivity index (χ3n) is 5.63. The number of nitrogens with one attached hydrogen (secondary N) is 3. The first-order valence-electron chi connectivity index (χ1n) is 9.85. The summed E-state index contributed by atoms with van der Waals surface area (Å²) in [5.74, 6) is 0. The lowest BCUT2D eigenvalue weighted by atomic mass is 10.0. The van der Waals surface area contributed by atoms with E-state index in [1.807, 2.05) is 48.2 Å². The number of likely N-dealkylation sites (tertiary alicyclic amines) is 1. The molecule has 0 aliphatic carbocycles. The van der Waals surface area contributed by atoms with Crippen LogP contribution in [0.5, 0.6) is 0 Å². The fourth-order valence-electron chi connectivity index (χ4n) is 3.84. The molecule has 7 nitrogen and oxygen atoms in total. The molecule has 4 rings (SSSR count). The zero-order valence-corrected chi connectivity index (χ0v) is 18.9. The van der Waals surface area contributed by atoms with Crippen LogP contribution in [0.1, 0.15) is 24.0 Å². The van der Waals surface area contributed by atoms with E-state index >= 15 is 0 Å². The second-order valence-corrected chi connectivity index (χ2v) is 8.72. The number of halogens is 2. The van der Waals surface area contributed by atoms with Gasteiger partial charge < -0.3 is 15.1 Å². The summed E-state index contributed by atoms with van der Waals surface area (Å²) in [6.45, 7) is 3.68. The van der Waals surface area contributed by atoms with E-state index in [0.717, 1.165) is 29.7 Å². The van der Waals surface area contributed by atoms with Gasteiger partial charge in [0.1, 0.15) is 0 Å². The number of hydrogen-bond acceptors (Lipinski definition) is 3. The molecule has 0 spiro atoms. The molecule has 3 N–H and O–H groups in total. The van der Waals surface area contributed by atoms with Crippen LogP contribution >= 0.6 is 27.5 Å². The number of amides is 4. The van der Waals surface area contributed by atoms with Gasteiger partial charge in [0.2, 0.25) is 0 Å². The Bertz CT molecular complexity index is 978. The normalized spacial score (nSPS) is 16.7. The highest BCUT2D eigenvalue weighted by atomic mass is 79.9. The summed E-state index contributed by atoms with van der Waals surface area (Å²) in [6, 6.07) is 11.4. The first-order valence-corrected chi connectivity index (χ1v) is 11.0. The number of aryl methyl sites for hydroxylation is 1. The smallest absolute Gasteiger partial charge is 0.323 e. The molecule has 1 fully saturated rings. The van der Waals surface area contributed by atoms with Gasteiger partial charge in [0.25, 0.3) is 0 Å². The number of rotatable bonds is 3. The van der Waals surface area contributed by atoms with Gasteiger partial charge in [-0.15, -0.1) is 0 Å². The van der Waals surface area contributed by atoms with Crippen LogP contribution in [0.15, 0.2) is 40.9 Å². The van der Waals surface area contributed by atoms with Crippen LogP contribution in [0.25, 0.3) is 0 Å². The number of piperidine rings is 1. The Balaban J connectivity index is 1.31. The Morgan fingerprint density at radius 3 is 2.70 bits per heavy atom. The van der Waals surface area contributed by atoms with Gasteiger partial charge in [0.15, 0.2) is 0 Å². The molecular formula is C21H23BrClN5O2. The topological polar surface area (TPSA) is 76.7 Å². The van der Waals surface area contributed by atoms with Gasteiger partial charge in [-0.1, -0.05) is 35.9 Å². The van der Waals surface area contributed by atoms with Gasteiger partial charge in [-0.25, -0.2) is 9.59 Å². The van der Waals surface area contributed by atoms with Gasteiger partial charge in [-0.2, -0.15) is 0 Å². The molecule has 0 atom stereocenters. The SMILES string of the molecule is Cc1ccc(NNC(=O)N2CCC(N3Cc4ccccc4NC3=O)CC2)c(Br)c1Cl. The molecule has 158 valence electrons. The minimum Gasteiger partial charge on any atom is -0.323 e. The molecule has 0 bridgehead atoms. The van der Waals surface area contributed by atoms with Crippen molar-refractivity contribution < 1.29 is 9.59 Å². The molecule has 2 aromatic carbocycles. The van der Waals surface area contributed by atoms with Gasteiger partial charge in [-0.3, -0.25) is 10.9 Å². The number of urea groups is 2. The molecule has 1 saturated heterocycles. The number of hydrazine groups is 1. The third kappa shape index (κ3) is 4.20. The minimum absolute atomic E-state index is 0.0700. The lowest BCUT2D eigenvalue weighted by Crippen LogP contribution is -2.53. The Labute approximate surface area is 188 Å². The minimum atomic E-state index is -0.203. The van der Waals surface area contributed by atoms with Crippen LogP contribution in [0.4, 0.5) is 21.0 Å². The largest absolute Gasteiger partial charge is 0.336 e. The Morgan fingerprint density at radius 1 is 1.20 bits per heavy atom. The number of para-hydroxylation sites is 1. The number of carbonyl (C=O) groups is 2. The summed E-state index contributed by atoms with van der Waals surface area (Å²) in [6.07, 6.45) is 1.48. The highest BCUT2D eigenvalue weighted by Crippen LogP contribution is 2.32. The highest BCUT2D eigenvalue weighted by Gasteiger charge is 2.32. The van der Waals surface area contributed by atoms with Crippen molar-refractivity contribution in [3.05, 3.63) is 57.0 Å². The van der Waals surface area contributed by atoms with Crippen molar-refractivity contribution in [2.45, 2.75) is 32.4 Å². The second kappa shape index (κ2) is 8.73. The number of anilines is 2. The highest BCUT2D eigenvalue weighted by molar-refractivity contribution is 9.10. The number of benzene rings is 2. The maximum absolute atomic E-state index is 12.6. The van der Waals surface area contributed by atoms with E-state index in [1.165, 1.54) is 0 Å². The van der Waals surface area contributed by atoms with Crippen molar-refractivity contribution in [2.24, 2.45) is 0 Å². The molecule has 0 saturated carbocycles. The van der Waals surface area contributed by atoms with Gasteiger partial charge in [0.05, 0.1) is 15.2 Å². The molecule has 30 heavy (non-hydrogen) atoms. The van der Waals surface area contributed by atoms with Crippen LogP contribution < -0.4 is 16.2 Å². The average molecular weight is 493 g/mol. The number of hydrogen-bond donors (Lipinski definition) is 3. The molecular weight excluding hydrogens is 470 g/mol. The van der Waals surface area contributed by atoms with Crippen LogP contribution in [-0.2, 0) is 6.54 Å². The van der Waals surface area contributed by atoms with E-state index in [-0.39, 0.29) is 18.1 Å². The number of carbonyl (C=O) groups excluding carboxylic acids is 2.